The Balaban J connectivity index is 1.39. The summed E-state index contributed by atoms with van der Waals surface area (Å²) in [6, 6.07) is 16.4. The molecule has 0 aliphatic carbocycles. The summed E-state index contributed by atoms with van der Waals surface area (Å²) in [5.41, 5.74) is 5.21. The summed E-state index contributed by atoms with van der Waals surface area (Å²) < 4.78 is 13.2. The first kappa shape index (κ1) is 20.8. The van der Waals surface area contributed by atoms with Gasteiger partial charge in [-0.2, -0.15) is 0 Å². The van der Waals surface area contributed by atoms with Gasteiger partial charge in [0, 0.05) is 22.1 Å². The highest BCUT2D eigenvalue weighted by atomic mass is 32.2. The van der Waals surface area contributed by atoms with Gasteiger partial charge < -0.3 is 9.47 Å². The fourth-order valence-electron chi connectivity index (χ4n) is 3.69. The van der Waals surface area contributed by atoms with Gasteiger partial charge in [-0.05, 0) is 49.7 Å². The first-order valence-corrected chi connectivity index (χ1v) is 12.2. The maximum absolute atomic E-state index is 5.62. The Bertz CT molecular complexity index is 1410. The van der Waals surface area contributed by atoms with Gasteiger partial charge in [-0.1, -0.05) is 30.0 Å². The summed E-state index contributed by atoms with van der Waals surface area (Å²) in [5.74, 6) is 2.17. The Morgan fingerprint density at radius 1 is 1.06 bits per heavy atom. The summed E-state index contributed by atoms with van der Waals surface area (Å²) >= 11 is 3.27. The molecule has 5 rings (SSSR count). The molecule has 0 unspecified atom stereocenters. The minimum absolute atomic E-state index is 0.598. The van der Waals surface area contributed by atoms with Crippen molar-refractivity contribution in [2.75, 3.05) is 13.7 Å². The Morgan fingerprint density at radius 3 is 2.78 bits per heavy atom. The molecule has 162 valence electrons. The maximum Gasteiger partial charge on any atom is 0.196 e. The summed E-state index contributed by atoms with van der Waals surface area (Å²) in [6.07, 6.45) is 0. The molecule has 0 amide bonds. The molecule has 5 aromatic rings. The molecule has 0 atom stereocenters. The number of aryl methyl sites for hydroxylation is 1. The topological polar surface area (TPSA) is 61.5 Å². The van der Waals surface area contributed by atoms with Crippen LogP contribution in [0.3, 0.4) is 0 Å². The van der Waals surface area contributed by atoms with E-state index in [0.29, 0.717) is 18.1 Å². The summed E-state index contributed by atoms with van der Waals surface area (Å²) in [4.78, 5) is 4.83. The van der Waals surface area contributed by atoms with E-state index in [1.54, 1.807) is 30.2 Å². The molecule has 0 aliphatic heterocycles. The van der Waals surface area contributed by atoms with Crippen LogP contribution in [0.15, 0.2) is 59.1 Å². The van der Waals surface area contributed by atoms with Gasteiger partial charge in [-0.15, -0.1) is 21.5 Å². The molecule has 6 nitrogen and oxygen atoms in total. The molecule has 0 aliphatic rings. The van der Waals surface area contributed by atoms with Crippen LogP contribution < -0.4 is 9.47 Å². The van der Waals surface area contributed by atoms with E-state index in [1.807, 2.05) is 31.2 Å². The quantitative estimate of drug-likeness (QED) is 0.276. The number of fused-ring (bicyclic) bond motifs is 3. The smallest absolute Gasteiger partial charge is 0.196 e. The van der Waals surface area contributed by atoms with Gasteiger partial charge in [0.2, 0.25) is 0 Å². The predicted molar refractivity (Wildman–Crippen MR) is 130 cm³/mol. The number of nitrogens with zero attached hydrogens (tertiary/aromatic N) is 4. The van der Waals surface area contributed by atoms with Gasteiger partial charge in [0.05, 0.1) is 24.9 Å². The lowest BCUT2D eigenvalue weighted by molar-refractivity contribution is 0.311. The van der Waals surface area contributed by atoms with E-state index >= 15 is 0 Å². The van der Waals surface area contributed by atoms with Crippen molar-refractivity contribution in [3.8, 4) is 22.1 Å². The van der Waals surface area contributed by atoms with Gasteiger partial charge >= 0.3 is 0 Å². The van der Waals surface area contributed by atoms with Crippen LogP contribution >= 0.6 is 23.1 Å². The zero-order valence-electron chi connectivity index (χ0n) is 18.0. The molecule has 8 heteroatoms. The van der Waals surface area contributed by atoms with Crippen molar-refractivity contribution in [2.24, 2.45) is 0 Å². The van der Waals surface area contributed by atoms with Gasteiger partial charge in [0.15, 0.2) is 22.3 Å². The molecule has 2 aromatic carbocycles. The highest BCUT2D eigenvalue weighted by Crippen LogP contribution is 2.35. The average molecular weight is 463 g/mol. The van der Waals surface area contributed by atoms with Crippen molar-refractivity contribution in [1.29, 1.82) is 0 Å². The fraction of sp³-hybridized carbons (Fsp3) is 0.208. The lowest BCUT2D eigenvalue weighted by Gasteiger charge is -2.09. The number of hydrogen-bond donors (Lipinski definition) is 0. The van der Waals surface area contributed by atoms with Crippen LogP contribution in [0.2, 0.25) is 0 Å². The number of benzene rings is 2. The van der Waals surface area contributed by atoms with Crippen molar-refractivity contribution in [3.63, 3.8) is 0 Å². The number of thiazole rings is 1. The molecular weight excluding hydrogens is 440 g/mol. The Morgan fingerprint density at radius 2 is 1.94 bits per heavy atom. The van der Waals surface area contributed by atoms with Crippen LogP contribution in [0.5, 0.6) is 11.5 Å². The normalized spacial score (nSPS) is 11.3. The van der Waals surface area contributed by atoms with E-state index in [4.69, 9.17) is 14.5 Å². The van der Waals surface area contributed by atoms with Gasteiger partial charge in [0.25, 0.3) is 0 Å². The number of methoxy groups -OCH3 is 1. The highest BCUT2D eigenvalue weighted by molar-refractivity contribution is 7.98. The summed E-state index contributed by atoms with van der Waals surface area (Å²) in [6.45, 7) is 4.66. The zero-order chi connectivity index (χ0) is 22.1. The number of ether oxygens (including phenoxy) is 2. The van der Waals surface area contributed by atoms with Gasteiger partial charge in [0.1, 0.15) is 5.01 Å². The van der Waals surface area contributed by atoms with Crippen molar-refractivity contribution in [3.05, 3.63) is 65.2 Å². The van der Waals surface area contributed by atoms with E-state index in [0.717, 1.165) is 38.3 Å². The predicted octanol–water partition coefficient (Wildman–Crippen LogP) is 6.01. The van der Waals surface area contributed by atoms with Crippen LogP contribution in [0.4, 0.5) is 0 Å². The summed E-state index contributed by atoms with van der Waals surface area (Å²) in [5, 5.41) is 13.9. The van der Waals surface area contributed by atoms with Crippen molar-refractivity contribution in [2.45, 2.75) is 24.8 Å². The van der Waals surface area contributed by atoms with E-state index in [2.05, 4.69) is 51.2 Å². The van der Waals surface area contributed by atoms with E-state index in [1.165, 1.54) is 10.9 Å². The molecule has 3 heterocycles. The first-order chi connectivity index (χ1) is 15.7. The van der Waals surface area contributed by atoms with E-state index in [9.17, 15) is 0 Å². The third-order valence-electron chi connectivity index (χ3n) is 5.19. The molecule has 0 spiro atoms. The lowest BCUT2D eigenvalue weighted by Crippen LogP contribution is -1.95. The number of rotatable bonds is 7. The second-order valence-corrected chi connectivity index (χ2v) is 9.05. The third kappa shape index (κ3) is 3.80. The standard InChI is InChI=1S/C24H22N4O2S2/c1-4-30-20-10-9-16(12-21(20)29-3)23-25-17(13-31-23)14-32-24-27-26-22-11-15(2)18-7-5-6-8-19(18)28(22)24/h5-13H,4,14H2,1-3H3. The molecule has 0 fully saturated rings. The molecule has 0 saturated heterocycles. The van der Waals surface area contributed by atoms with Gasteiger partial charge in [-0.3, -0.25) is 4.40 Å². The largest absolute Gasteiger partial charge is 0.493 e. The SMILES string of the molecule is CCOc1ccc(-c2nc(CSc3nnc4cc(C)c5ccccc5n34)cs2)cc1OC. The zero-order valence-corrected chi connectivity index (χ0v) is 19.7. The average Bonchev–Trinajstić information content (AvgIpc) is 3.45. The fourth-order valence-corrected chi connectivity index (χ4v) is 5.45. The maximum atomic E-state index is 5.62. The first-order valence-electron chi connectivity index (χ1n) is 10.3. The Kier molecular flexibility index (Phi) is 5.71. The molecular formula is C24H22N4O2S2. The molecule has 0 N–H and O–H groups in total. The summed E-state index contributed by atoms with van der Waals surface area (Å²) in [7, 11) is 1.65. The second-order valence-electron chi connectivity index (χ2n) is 7.25. The van der Waals surface area contributed by atoms with Crippen LogP contribution in [-0.4, -0.2) is 33.3 Å². The van der Waals surface area contributed by atoms with E-state index < -0.39 is 0 Å². The third-order valence-corrected chi connectivity index (χ3v) is 7.09. The number of thioether (sulfide) groups is 1. The monoisotopic (exact) mass is 462 g/mol. The lowest BCUT2D eigenvalue weighted by atomic mass is 10.1. The molecule has 0 saturated carbocycles. The van der Waals surface area contributed by atoms with Crippen molar-refractivity contribution >= 4 is 39.6 Å². The molecule has 0 radical (unpaired) electrons. The number of pyridine rings is 1. The van der Waals surface area contributed by atoms with Crippen LogP contribution in [0, 0.1) is 6.92 Å². The number of para-hydroxylation sites is 1. The van der Waals surface area contributed by atoms with Crippen molar-refractivity contribution < 1.29 is 9.47 Å². The van der Waals surface area contributed by atoms with Crippen molar-refractivity contribution in [1.82, 2.24) is 19.6 Å². The molecule has 3 aromatic heterocycles. The second kappa shape index (κ2) is 8.80. The Hall–Kier alpha value is -3.10. The van der Waals surface area contributed by atoms with E-state index in [-0.39, 0.29) is 0 Å². The minimum atomic E-state index is 0.598. The van der Waals surface area contributed by atoms with Crippen LogP contribution in [0.1, 0.15) is 18.2 Å². The minimum Gasteiger partial charge on any atom is -0.493 e. The highest BCUT2D eigenvalue weighted by Gasteiger charge is 2.14. The van der Waals surface area contributed by atoms with Gasteiger partial charge in [-0.25, -0.2) is 4.98 Å². The Labute approximate surface area is 194 Å². The van der Waals surface area contributed by atoms with Crippen LogP contribution in [0.25, 0.3) is 27.1 Å². The van der Waals surface area contributed by atoms with Crippen LogP contribution in [-0.2, 0) is 5.75 Å². The number of hydrogen-bond acceptors (Lipinski definition) is 7. The molecule has 32 heavy (non-hydrogen) atoms. The number of aromatic nitrogens is 4. The molecule has 0 bridgehead atoms.